The number of anilines is 1. The van der Waals surface area contributed by atoms with Crippen molar-refractivity contribution in [3.05, 3.63) is 11.3 Å². The van der Waals surface area contributed by atoms with Crippen molar-refractivity contribution < 1.29 is 18.3 Å². The van der Waals surface area contributed by atoms with Gasteiger partial charge in [0.05, 0.1) is 11.9 Å². The van der Waals surface area contributed by atoms with Crippen molar-refractivity contribution in [1.29, 1.82) is 0 Å². The van der Waals surface area contributed by atoms with Gasteiger partial charge in [0.25, 0.3) is 0 Å². The summed E-state index contributed by atoms with van der Waals surface area (Å²) < 4.78 is 27.9. The van der Waals surface area contributed by atoms with Gasteiger partial charge in [-0.05, 0) is 24.9 Å². The van der Waals surface area contributed by atoms with Crippen molar-refractivity contribution in [2.24, 2.45) is 0 Å². The molecule has 0 fully saturated rings. The maximum absolute atomic E-state index is 11.0. The number of carbonyl (C=O) groups is 1. The molecule has 9 heteroatoms. The maximum Gasteiger partial charge on any atom is 0.340 e. The smallest absolute Gasteiger partial charge is 0.340 e. The van der Waals surface area contributed by atoms with Gasteiger partial charge >= 0.3 is 5.97 Å². The summed E-state index contributed by atoms with van der Waals surface area (Å²) >= 11 is 1.09. The zero-order valence-electron chi connectivity index (χ0n) is 10.1. The first kappa shape index (κ1) is 14.9. The Labute approximate surface area is 109 Å². The number of carboxylic acids is 1. The fraction of sp³-hybridized carbons (Fsp3) is 0.556. The van der Waals surface area contributed by atoms with E-state index in [4.69, 9.17) is 5.11 Å². The monoisotopic (exact) mass is 293 g/mol. The second-order valence-corrected chi connectivity index (χ2v) is 6.33. The number of aromatic carboxylic acids is 1. The molecular weight excluding hydrogens is 278 g/mol. The highest BCUT2D eigenvalue weighted by Gasteiger charge is 2.16. The van der Waals surface area contributed by atoms with Crippen molar-refractivity contribution in [1.82, 2.24) is 9.10 Å². The molecule has 0 unspecified atom stereocenters. The lowest BCUT2D eigenvalue weighted by molar-refractivity contribution is 0.0697. The maximum atomic E-state index is 11.0. The number of hydrogen-bond acceptors (Lipinski definition) is 6. The van der Waals surface area contributed by atoms with E-state index in [1.54, 1.807) is 6.92 Å². The van der Waals surface area contributed by atoms with Gasteiger partial charge in [0.2, 0.25) is 10.0 Å². The van der Waals surface area contributed by atoms with Crippen molar-refractivity contribution in [3.63, 3.8) is 0 Å². The molecule has 0 saturated carbocycles. The molecule has 0 radical (unpaired) electrons. The van der Waals surface area contributed by atoms with Crippen LogP contribution >= 0.6 is 11.5 Å². The second-order valence-electron chi connectivity index (χ2n) is 3.72. The van der Waals surface area contributed by atoms with Gasteiger partial charge < -0.3 is 10.4 Å². The summed E-state index contributed by atoms with van der Waals surface area (Å²) in [6.07, 6.45) is 1.65. The van der Waals surface area contributed by atoms with Crippen LogP contribution in [0.2, 0.25) is 0 Å². The molecule has 1 heterocycles. The highest BCUT2D eigenvalue weighted by atomic mass is 32.2. The minimum Gasteiger partial charge on any atom is -0.478 e. The predicted octanol–water partition coefficient (Wildman–Crippen LogP) is 0.501. The van der Waals surface area contributed by atoms with Gasteiger partial charge in [0, 0.05) is 13.1 Å². The molecule has 1 aromatic heterocycles. The summed E-state index contributed by atoms with van der Waals surface area (Å²) in [5, 5.41) is 12.4. The Balaban J connectivity index is 2.43. The van der Waals surface area contributed by atoms with Crippen LogP contribution in [0.25, 0.3) is 0 Å². The van der Waals surface area contributed by atoms with E-state index in [0.717, 1.165) is 17.8 Å². The van der Waals surface area contributed by atoms with E-state index in [-0.39, 0.29) is 5.56 Å². The van der Waals surface area contributed by atoms with Crippen LogP contribution in [-0.4, -0.2) is 43.2 Å². The van der Waals surface area contributed by atoms with E-state index < -0.39 is 16.0 Å². The number of nitrogens with zero attached hydrogens (tertiary/aromatic N) is 1. The number of sulfonamides is 1. The molecule has 0 aliphatic heterocycles. The van der Waals surface area contributed by atoms with Crippen molar-refractivity contribution in [3.8, 4) is 0 Å². The summed E-state index contributed by atoms with van der Waals surface area (Å²) in [6, 6.07) is 0. The molecule has 0 spiro atoms. The Kier molecular flexibility index (Phi) is 5.05. The lowest BCUT2D eigenvalue weighted by atomic mass is 10.2. The summed E-state index contributed by atoms with van der Waals surface area (Å²) in [7, 11) is -3.17. The van der Waals surface area contributed by atoms with Gasteiger partial charge in [-0.15, -0.1) is 0 Å². The molecule has 0 aromatic carbocycles. The Morgan fingerprint density at radius 1 is 1.44 bits per heavy atom. The molecule has 7 nitrogen and oxygen atoms in total. The third kappa shape index (κ3) is 4.59. The van der Waals surface area contributed by atoms with Crippen molar-refractivity contribution in [2.75, 3.05) is 24.7 Å². The topological polar surface area (TPSA) is 108 Å². The molecule has 0 saturated heterocycles. The average molecular weight is 293 g/mol. The van der Waals surface area contributed by atoms with Crippen LogP contribution in [-0.2, 0) is 10.0 Å². The molecule has 3 N–H and O–H groups in total. The van der Waals surface area contributed by atoms with Crippen LogP contribution in [0.4, 0.5) is 5.00 Å². The van der Waals surface area contributed by atoms with Crippen LogP contribution < -0.4 is 10.0 Å². The zero-order chi connectivity index (χ0) is 13.8. The first-order chi connectivity index (χ1) is 8.31. The van der Waals surface area contributed by atoms with E-state index in [1.807, 2.05) is 0 Å². The first-order valence-electron chi connectivity index (χ1n) is 5.19. The second kappa shape index (κ2) is 6.12. The average Bonchev–Trinajstić information content (AvgIpc) is 2.57. The Hall–Kier alpha value is -1.19. The third-order valence-electron chi connectivity index (χ3n) is 2.08. The van der Waals surface area contributed by atoms with Gasteiger partial charge in [-0.3, -0.25) is 0 Å². The van der Waals surface area contributed by atoms with E-state index in [9.17, 15) is 13.2 Å². The normalized spacial score (nSPS) is 11.4. The quantitative estimate of drug-likeness (QED) is 0.632. The van der Waals surface area contributed by atoms with Crippen LogP contribution in [0.3, 0.4) is 0 Å². The fourth-order valence-corrected chi connectivity index (χ4v) is 2.62. The standard InChI is InChI=1S/C9H15N3O4S2/c1-6-7(9(13)14)8(17-12-6)10-4-3-5-11-18(2,15)16/h10-11H,3-5H2,1-2H3,(H,13,14). The molecule has 0 aliphatic rings. The van der Waals surface area contributed by atoms with Crippen LogP contribution in [0.1, 0.15) is 22.5 Å². The zero-order valence-corrected chi connectivity index (χ0v) is 11.7. The number of carboxylic acid groups (broad SMARTS) is 1. The number of aryl methyl sites for hydroxylation is 1. The van der Waals surface area contributed by atoms with E-state index >= 15 is 0 Å². The minimum atomic E-state index is -3.17. The summed E-state index contributed by atoms with van der Waals surface area (Å²) in [6.45, 7) is 2.42. The van der Waals surface area contributed by atoms with Crippen LogP contribution in [0, 0.1) is 6.92 Å². The first-order valence-corrected chi connectivity index (χ1v) is 7.86. The van der Waals surface area contributed by atoms with Crippen molar-refractivity contribution >= 4 is 32.5 Å². The summed E-state index contributed by atoms with van der Waals surface area (Å²) in [4.78, 5) is 11.0. The number of nitrogens with one attached hydrogen (secondary N) is 2. The van der Waals surface area contributed by atoms with Crippen molar-refractivity contribution in [2.45, 2.75) is 13.3 Å². The molecule has 0 aliphatic carbocycles. The van der Waals surface area contributed by atoms with E-state index in [0.29, 0.717) is 30.2 Å². The van der Waals surface area contributed by atoms with Crippen LogP contribution in [0.15, 0.2) is 0 Å². The summed E-state index contributed by atoms with van der Waals surface area (Å²) in [5.41, 5.74) is 0.653. The van der Waals surface area contributed by atoms with Gasteiger partial charge in [-0.1, -0.05) is 0 Å². The molecule has 102 valence electrons. The highest BCUT2D eigenvalue weighted by molar-refractivity contribution is 7.88. The SMILES string of the molecule is Cc1nsc(NCCCNS(C)(=O)=O)c1C(=O)O. The number of aromatic nitrogens is 1. The lowest BCUT2D eigenvalue weighted by Crippen LogP contribution is -2.24. The van der Waals surface area contributed by atoms with Gasteiger partial charge in [0.15, 0.2) is 0 Å². The van der Waals surface area contributed by atoms with Crippen LogP contribution in [0.5, 0.6) is 0 Å². The molecule has 0 atom stereocenters. The Morgan fingerprint density at radius 3 is 2.67 bits per heavy atom. The molecule has 0 bridgehead atoms. The van der Waals surface area contributed by atoms with Gasteiger partial charge in [0.1, 0.15) is 10.6 Å². The Morgan fingerprint density at radius 2 is 2.11 bits per heavy atom. The predicted molar refractivity (Wildman–Crippen MR) is 69.8 cm³/mol. The molecule has 1 rings (SSSR count). The minimum absolute atomic E-state index is 0.177. The third-order valence-corrected chi connectivity index (χ3v) is 3.70. The Bertz CT molecular complexity index is 524. The number of rotatable bonds is 7. The van der Waals surface area contributed by atoms with E-state index in [2.05, 4.69) is 14.4 Å². The largest absolute Gasteiger partial charge is 0.478 e. The molecule has 1 aromatic rings. The number of hydrogen-bond donors (Lipinski definition) is 3. The molecular formula is C9H15N3O4S2. The van der Waals surface area contributed by atoms with Gasteiger partial charge in [-0.2, -0.15) is 4.37 Å². The van der Waals surface area contributed by atoms with E-state index in [1.165, 1.54) is 0 Å². The summed E-state index contributed by atoms with van der Waals surface area (Å²) in [5.74, 6) is -1.02. The molecule has 18 heavy (non-hydrogen) atoms. The molecule has 0 amide bonds. The van der Waals surface area contributed by atoms with Gasteiger partial charge in [-0.25, -0.2) is 17.9 Å². The lowest BCUT2D eigenvalue weighted by Gasteiger charge is -2.05. The highest BCUT2D eigenvalue weighted by Crippen LogP contribution is 2.24. The fourth-order valence-electron chi connectivity index (χ4n) is 1.29.